The molecule has 2 aromatic carbocycles. The molecule has 3 aliphatic rings. The molecule has 0 aromatic heterocycles. The molecular formula is C36H46F4N2O4. The summed E-state index contributed by atoms with van der Waals surface area (Å²) in [6.45, 7) is 9.06. The molecule has 1 aliphatic carbocycles. The predicted molar refractivity (Wildman–Crippen MR) is 170 cm³/mol. The van der Waals surface area contributed by atoms with Crippen molar-refractivity contribution in [2.75, 3.05) is 33.3 Å². The van der Waals surface area contributed by atoms with Gasteiger partial charge in [0.2, 0.25) is 5.67 Å². The minimum absolute atomic E-state index is 0.0605. The molecule has 5 rings (SSSR count). The maximum absolute atomic E-state index is 16.0. The van der Waals surface area contributed by atoms with Crippen molar-refractivity contribution in [3.8, 4) is 5.75 Å². The minimum Gasteiger partial charge on any atom is -0.497 e. The molecule has 46 heavy (non-hydrogen) atoms. The van der Waals surface area contributed by atoms with E-state index in [-0.39, 0.29) is 24.4 Å². The average Bonchev–Trinajstić information content (AvgIpc) is 3.36. The van der Waals surface area contributed by atoms with Gasteiger partial charge in [0.05, 0.1) is 18.6 Å². The Balaban J connectivity index is 0.000000523. The average molecular weight is 647 g/mol. The number of carbonyl (C=O) groups excluding carboxylic acids is 1. The third-order valence-corrected chi connectivity index (χ3v) is 9.69. The Morgan fingerprint density at radius 3 is 2.13 bits per heavy atom. The molecule has 2 heterocycles. The van der Waals surface area contributed by atoms with Crippen LogP contribution >= 0.6 is 0 Å². The molecule has 2 saturated heterocycles. The number of halogens is 4. The van der Waals surface area contributed by atoms with Gasteiger partial charge in [-0.2, -0.15) is 13.2 Å². The van der Waals surface area contributed by atoms with Gasteiger partial charge in [0.15, 0.2) is 0 Å². The Morgan fingerprint density at radius 1 is 1.00 bits per heavy atom. The summed E-state index contributed by atoms with van der Waals surface area (Å²) in [6, 6.07) is 13.5. The fourth-order valence-corrected chi connectivity index (χ4v) is 6.65. The molecule has 6 nitrogen and oxygen atoms in total. The topological polar surface area (TPSA) is 70.1 Å². The van der Waals surface area contributed by atoms with Crippen LogP contribution in [-0.4, -0.2) is 71.3 Å². The van der Waals surface area contributed by atoms with Crippen LogP contribution in [0.3, 0.4) is 0 Å². The lowest BCUT2D eigenvalue weighted by Crippen LogP contribution is -2.53. The van der Waals surface area contributed by atoms with E-state index in [4.69, 9.17) is 4.74 Å². The Labute approximate surface area is 269 Å². The molecule has 2 aromatic rings. The van der Waals surface area contributed by atoms with Crippen LogP contribution in [0, 0.1) is 11.8 Å². The van der Waals surface area contributed by atoms with Crippen molar-refractivity contribution in [2.45, 2.75) is 83.1 Å². The van der Waals surface area contributed by atoms with E-state index in [1.165, 1.54) is 12.1 Å². The highest BCUT2D eigenvalue weighted by Gasteiger charge is 2.54. The van der Waals surface area contributed by atoms with E-state index < -0.39 is 41.1 Å². The van der Waals surface area contributed by atoms with Crippen molar-refractivity contribution in [2.24, 2.45) is 11.8 Å². The lowest BCUT2D eigenvalue weighted by molar-refractivity contribution is -0.147. The van der Waals surface area contributed by atoms with Crippen LogP contribution in [0.15, 0.2) is 54.6 Å². The first kappa shape index (κ1) is 35.5. The monoisotopic (exact) mass is 646 g/mol. The second-order valence-electron chi connectivity index (χ2n) is 13.7. The number of para-hydroxylation sites is 1. The van der Waals surface area contributed by atoms with E-state index in [0.29, 0.717) is 50.9 Å². The second kappa shape index (κ2) is 14.2. The van der Waals surface area contributed by atoms with Crippen molar-refractivity contribution in [3.63, 3.8) is 0 Å². The van der Waals surface area contributed by atoms with Gasteiger partial charge in [-0.3, -0.25) is 14.5 Å². The SMILES string of the molecule is COc1ccccc1.C[C@@H]1CN(C(C)(C)C)C[C@@]1(F)C(=O)N1CCC(c2ccc(C(F)(F)F)cc2C2=CCC(C(=O)O)CC2)CC1. The summed E-state index contributed by atoms with van der Waals surface area (Å²) >= 11 is 0. The predicted octanol–water partition coefficient (Wildman–Crippen LogP) is 7.83. The van der Waals surface area contributed by atoms with Crippen LogP contribution in [0.25, 0.3) is 5.57 Å². The normalized spacial score (nSPS) is 24.5. The van der Waals surface area contributed by atoms with E-state index in [9.17, 15) is 27.9 Å². The van der Waals surface area contributed by atoms with Gasteiger partial charge in [0.25, 0.3) is 5.91 Å². The van der Waals surface area contributed by atoms with Gasteiger partial charge < -0.3 is 14.7 Å². The smallest absolute Gasteiger partial charge is 0.416 e. The first-order valence-corrected chi connectivity index (χ1v) is 16.0. The zero-order valence-electron chi connectivity index (χ0n) is 27.4. The number of benzene rings is 2. The third kappa shape index (κ3) is 8.11. The van der Waals surface area contributed by atoms with Crippen LogP contribution in [0.5, 0.6) is 5.75 Å². The number of carboxylic acids is 1. The number of likely N-dealkylation sites (tertiary alicyclic amines) is 2. The van der Waals surface area contributed by atoms with Crippen molar-refractivity contribution < 1.29 is 37.0 Å². The summed E-state index contributed by atoms with van der Waals surface area (Å²) < 4.78 is 61.6. The molecular weight excluding hydrogens is 600 g/mol. The summed E-state index contributed by atoms with van der Waals surface area (Å²) in [7, 11) is 1.66. The van der Waals surface area contributed by atoms with E-state index in [0.717, 1.165) is 23.0 Å². The lowest BCUT2D eigenvalue weighted by Gasteiger charge is -2.38. The lowest BCUT2D eigenvalue weighted by atomic mass is 9.79. The zero-order chi connectivity index (χ0) is 33.9. The number of nitrogens with zero attached hydrogens (tertiary/aromatic N) is 2. The number of piperidine rings is 1. The van der Waals surface area contributed by atoms with Gasteiger partial charge in [-0.15, -0.1) is 0 Å². The number of alkyl halides is 4. The number of ether oxygens (including phenoxy) is 1. The van der Waals surface area contributed by atoms with Gasteiger partial charge in [-0.1, -0.05) is 37.3 Å². The van der Waals surface area contributed by atoms with Gasteiger partial charge in [-0.25, -0.2) is 4.39 Å². The van der Waals surface area contributed by atoms with E-state index in [2.05, 4.69) is 0 Å². The molecule has 0 radical (unpaired) electrons. The number of allylic oxidation sites excluding steroid dienone is 2. The Hall–Kier alpha value is -3.40. The quantitative estimate of drug-likeness (QED) is 0.336. The Kier molecular flexibility index (Phi) is 10.9. The summed E-state index contributed by atoms with van der Waals surface area (Å²) in [5, 5.41) is 9.30. The van der Waals surface area contributed by atoms with Crippen molar-refractivity contribution in [3.05, 3.63) is 71.3 Å². The van der Waals surface area contributed by atoms with Crippen molar-refractivity contribution in [1.82, 2.24) is 9.80 Å². The van der Waals surface area contributed by atoms with Crippen LogP contribution in [0.4, 0.5) is 17.6 Å². The maximum Gasteiger partial charge on any atom is 0.416 e. The van der Waals surface area contributed by atoms with Crippen LogP contribution in [0.1, 0.15) is 82.4 Å². The number of carboxylic acid groups (broad SMARTS) is 1. The number of hydrogen-bond acceptors (Lipinski definition) is 4. The van der Waals surface area contributed by atoms with Crippen molar-refractivity contribution in [1.29, 1.82) is 0 Å². The fraction of sp³-hybridized carbons (Fsp3) is 0.556. The first-order valence-electron chi connectivity index (χ1n) is 16.0. The number of methoxy groups -OCH3 is 1. The third-order valence-electron chi connectivity index (χ3n) is 9.69. The highest BCUT2D eigenvalue weighted by atomic mass is 19.4. The van der Waals surface area contributed by atoms with Crippen molar-refractivity contribution >= 4 is 17.4 Å². The molecule has 2 fully saturated rings. The minimum atomic E-state index is -4.49. The van der Waals surface area contributed by atoms with Crippen LogP contribution < -0.4 is 4.74 Å². The Morgan fingerprint density at radius 2 is 1.65 bits per heavy atom. The zero-order valence-corrected chi connectivity index (χ0v) is 27.4. The number of aliphatic carboxylic acids is 1. The first-order chi connectivity index (χ1) is 21.5. The van der Waals surface area contributed by atoms with Gasteiger partial charge in [-0.05, 0) is 99.8 Å². The standard InChI is InChI=1S/C29H38F4N2O3.C7H8O/c1-18-16-35(27(2,3)4)17-28(18,30)26(38)34-13-11-20(12-14-34)23-10-9-22(29(31,32)33)15-24(23)19-5-7-21(8-6-19)25(36)37;1-8-7-5-3-2-4-6-7/h5,9-10,15,18,20-21H,6-8,11-14,16-17H2,1-4H3,(H,36,37);2-6H,1H3/t18-,21?,28+;/m1./s1. The summed E-state index contributed by atoms with van der Waals surface area (Å²) in [4.78, 5) is 28.3. The fourth-order valence-electron chi connectivity index (χ4n) is 6.65. The highest BCUT2D eigenvalue weighted by molar-refractivity contribution is 5.86. The molecule has 3 atom stereocenters. The maximum atomic E-state index is 16.0. The number of hydrogen-bond donors (Lipinski definition) is 1. The molecule has 0 saturated carbocycles. The number of rotatable bonds is 5. The summed E-state index contributed by atoms with van der Waals surface area (Å²) in [6.07, 6.45) is -0.604. The summed E-state index contributed by atoms with van der Waals surface area (Å²) in [5.41, 5.74) is -0.885. The largest absolute Gasteiger partial charge is 0.497 e. The molecule has 1 amide bonds. The molecule has 10 heteroatoms. The highest BCUT2D eigenvalue weighted by Crippen LogP contribution is 2.42. The molecule has 0 bridgehead atoms. The van der Waals surface area contributed by atoms with Gasteiger partial charge in [0.1, 0.15) is 5.75 Å². The molecule has 1 N–H and O–H groups in total. The van der Waals surface area contributed by atoms with E-state index >= 15 is 4.39 Å². The molecule has 0 spiro atoms. The second-order valence-corrected chi connectivity index (χ2v) is 13.7. The molecule has 252 valence electrons. The van der Waals surface area contributed by atoms with Crippen LogP contribution in [-0.2, 0) is 15.8 Å². The van der Waals surface area contributed by atoms with Crippen LogP contribution in [0.2, 0.25) is 0 Å². The van der Waals surface area contributed by atoms with Gasteiger partial charge >= 0.3 is 12.1 Å². The van der Waals surface area contributed by atoms with E-state index in [1.54, 1.807) is 25.0 Å². The number of amides is 1. The summed E-state index contributed by atoms with van der Waals surface area (Å²) in [5.74, 6) is -1.50. The number of carbonyl (C=O) groups is 2. The molecule has 2 aliphatic heterocycles. The Bertz CT molecular complexity index is 1400. The van der Waals surface area contributed by atoms with E-state index in [1.807, 2.05) is 56.0 Å². The van der Waals surface area contributed by atoms with Gasteiger partial charge in [0, 0.05) is 37.6 Å². The molecule has 1 unspecified atom stereocenters.